The molecular weight excluding hydrogens is 532 g/mol. The zero-order chi connectivity index (χ0) is 28.3. The van der Waals surface area contributed by atoms with E-state index in [4.69, 9.17) is 26.5 Å². The highest BCUT2D eigenvalue weighted by atomic mass is 35.5. The Bertz CT molecular complexity index is 1870. The van der Waals surface area contributed by atoms with Gasteiger partial charge < -0.3 is 20.0 Å². The molecule has 3 N–H and O–H groups in total. The number of pyridine rings is 1. The van der Waals surface area contributed by atoms with Gasteiger partial charge in [0.1, 0.15) is 22.6 Å². The molecule has 0 radical (unpaired) electrons. The van der Waals surface area contributed by atoms with E-state index in [2.05, 4.69) is 10.1 Å². The van der Waals surface area contributed by atoms with Crippen LogP contribution in [0, 0.1) is 13.8 Å². The number of amides is 1. The predicted molar refractivity (Wildman–Crippen MR) is 152 cm³/mol. The van der Waals surface area contributed by atoms with Crippen LogP contribution in [-0.4, -0.2) is 31.9 Å². The molecule has 5 aromatic rings. The number of hydrogen-bond acceptors (Lipinski definition) is 7. The number of carbonyl (C=O) groups excluding carboxylic acids is 1. The maximum absolute atomic E-state index is 13.6. The Balaban J connectivity index is 1.44. The lowest BCUT2D eigenvalue weighted by molar-refractivity contribution is 0.0437. The second-order valence-corrected chi connectivity index (χ2v) is 10.8. The van der Waals surface area contributed by atoms with E-state index >= 15 is 0 Å². The number of hydrogen-bond donors (Lipinski definition) is 2. The van der Waals surface area contributed by atoms with Crippen LogP contribution in [0.1, 0.15) is 59.1 Å². The van der Waals surface area contributed by atoms with E-state index in [0.29, 0.717) is 40.7 Å². The van der Waals surface area contributed by atoms with Gasteiger partial charge in [-0.2, -0.15) is 5.10 Å². The number of nitrogens with zero attached hydrogens (tertiary/aromatic N) is 3. The SMILES string of the molecule is Cc1cc([C@@H](C)Oc2ccc(Cl)nc2C(N)=O)c2oc(-c3ccc4nn(C5CC(O)C5)cc4c3)c(C)c(=O)c2c1. The number of aliphatic hydroxyl groups is 1. The summed E-state index contributed by atoms with van der Waals surface area (Å²) in [6, 6.07) is 12.7. The molecule has 9 nitrogen and oxygen atoms in total. The molecule has 0 spiro atoms. The van der Waals surface area contributed by atoms with Gasteiger partial charge in [-0.1, -0.05) is 11.6 Å². The largest absolute Gasteiger partial charge is 0.483 e. The molecular formula is C30H27ClN4O5. The Morgan fingerprint density at radius 3 is 2.70 bits per heavy atom. The average Bonchev–Trinajstić information content (AvgIpc) is 3.32. The predicted octanol–water partition coefficient (Wildman–Crippen LogP) is 5.41. The van der Waals surface area contributed by atoms with E-state index in [0.717, 1.165) is 22.0 Å². The number of benzene rings is 2. The summed E-state index contributed by atoms with van der Waals surface area (Å²) in [5, 5.41) is 15.8. The molecule has 6 rings (SSSR count). The molecule has 1 amide bonds. The summed E-state index contributed by atoms with van der Waals surface area (Å²) in [6.07, 6.45) is 2.44. The van der Waals surface area contributed by atoms with Gasteiger partial charge in [-0.05, 0) is 81.6 Å². The highest BCUT2D eigenvalue weighted by Gasteiger charge is 2.29. The third-order valence-electron chi connectivity index (χ3n) is 7.44. The lowest BCUT2D eigenvalue weighted by Crippen LogP contribution is -2.30. The molecule has 0 saturated heterocycles. The topological polar surface area (TPSA) is 133 Å². The van der Waals surface area contributed by atoms with E-state index in [1.807, 2.05) is 42.1 Å². The van der Waals surface area contributed by atoms with Crippen molar-refractivity contribution in [1.82, 2.24) is 14.8 Å². The van der Waals surface area contributed by atoms with Gasteiger partial charge in [-0.25, -0.2) is 4.98 Å². The minimum absolute atomic E-state index is 0.0837. The molecule has 1 saturated carbocycles. The van der Waals surface area contributed by atoms with E-state index in [1.54, 1.807) is 19.9 Å². The minimum Gasteiger partial charge on any atom is -0.483 e. The summed E-state index contributed by atoms with van der Waals surface area (Å²) in [5.41, 5.74) is 9.22. The number of rotatable bonds is 6. The van der Waals surface area contributed by atoms with Crippen molar-refractivity contribution in [2.24, 2.45) is 5.73 Å². The van der Waals surface area contributed by atoms with Crippen molar-refractivity contribution in [3.63, 3.8) is 0 Å². The molecule has 10 heteroatoms. The third kappa shape index (κ3) is 4.51. The highest BCUT2D eigenvalue weighted by Crippen LogP contribution is 2.36. The zero-order valence-electron chi connectivity index (χ0n) is 22.1. The van der Waals surface area contributed by atoms with E-state index in [9.17, 15) is 14.7 Å². The van der Waals surface area contributed by atoms with Crippen molar-refractivity contribution in [3.8, 4) is 17.1 Å². The first-order valence-electron chi connectivity index (χ1n) is 13.0. The van der Waals surface area contributed by atoms with Gasteiger partial charge >= 0.3 is 0 Å². The van der Waals surface area contributed by atoms with Crippen LogP contribution >= 0.6 is 11.6 Å². The fourth-order valence-corrected chi connectivity index (χ4v) is 5.39. The van der Waals surface area contributed by atoms with Crippen molar-refractivity contribution in [2.75, 3.05) is 0 Å². The van der Waals surface area contributed by atoms with Gasteiger partial charge in [0, 0.05) is 28.3 Å². The van der Waals surface area contributed by atoms with E-state index < -0.39 is 12.0 Å². The van der Waals surface area contributed by atoms with E-state index in [-0.39, 0.29) is 34.2 Å². The third-order valence-corrected chi connectivity index (χ3v) is 7.65. The van der Waals surface area contributed by atoms with Crippen LogP contribution in [0.15, 0.2) is 57.9 Å². The summed E-state index contributed by atoms with van der Waals surface area (Å²) >= 11 is 5.95. The van der Waals surface area contributed by atoms with Crippen LogP contribution in [0.5, 0.6) is 5.75 Å². The monoisotopic (exact) mass is 558 g/mol. The van der Waals surface area contributed by atoms with Gasteiger partial charge in [0.15, 0.2) is 16.9 Å². The number of fused-ring (bicyclic) bond motifs is 2. The van der Waals surface area contributed by atoms with Crippen molar-refractivity contribution in [2.45, 2.75) is 51.9 Å². The fraction of sp³-hybridized carbons (Fsp3) is 0.267. The molecule has 0 unspecified atom stereocenters. The second kappa shape index (κ2) is 9.76. The Kier molecular flexibility index (Phi) is 6.35. The van der Waals surface area contributed by atoms with Gasteiger partial charge in [0.2, 0.25) is 0 Å². The summed E-state index contributed by atoms with van der Waals surface area (Å²) in [5.74, 6) is -0.139. The summed E-state index contributed by atoms with van der Waals surface area (Å²) in [7, 11) is 0. The average molecular weight is 559 g/mol. The molecule has 2 aromatic carbocycles. The quantitative estimate of drug-likeness (QED) is 0.266. The highest BCUT2D eigenvalue weighted by molar-refractivity contribution is 6.29. The lowest BCUT2D eigenvalue weighted by atomic mass is 9.90. The first-order valence-corrected chi connectivity index (χ1v) is 13.3. The van der Waals surface area contributed by atoms with E-state index in [1.165, 1.54) is 12.1 Å². The molecule has 1 aliphatic carbocycles. The van der Waals surface area contributed by atoms with Crippen LogP contribution in [0.4, 0.5) is 0 Å². The molecule has 1 atom stereocenters. The van der Waals surface area contributed by atoms with Gasteiger partial charge in [-0.15, -0.1) is 0 Å². The minimum atomic E-state index is -0.768. The summed E-state index contributed by atoms with van der Waals surface area (Å²) in [6.45, 7) is 5.44. The number of halogens is 1. The van der Waals surface area contributed by atoms with Crippen molar-refractivity contribution in [1.29, 1.82) is 0 Å². The molecule has 3 heterocycles. The van der Waals surface area contributed by atoms with Crippen LogP contribution in [0.25, 0.3) is 33.2 Å². The number of ether oxygens (including phenoxy) is 1. The molecule has 0 bridgehead atoms. The van der Waals surface area contributed by atoms with Gasteiger partial charge in [-0.3, -0.25) is 14.3 Å². The number of aromatic nitrogens is 3. The van der Waals surface area contributed by atoms with Crippen molar-refractivity contribution in [3.05, 3.63) is 86.4 Å². The maximum atomic E-state index is 13.6. The number of carbonyl (C=O) groups is 1. The number of primary amides is 1. The first kappa shape index (κ1) is 26.0. The fourth-order valence-electron chi connectivity index (χ4n) is 5.24. The lowest BCUT2D eigenvalue weighted by Gasteiger charge is -2.31. The zero-order valence-corrected chi connectivity index (χ0v) is 22.9. The summed E-state index contributed by atoms with van der Waals surface area (Å²) < 4.78 is 14.5. The molecule has 204 valence electrons. The second-order valence-electron chi connectivity index (χ2n) is 10.4. The van der Waals surface area contributed by atoms with Crippen LogP contribution in [-0.2, 0) is 0 Å². The summed E-state index contributed by atoms with van der Waals surface area (Å²) in [4.78, 5) is 29.6. The molecule has 1 aliphatic rings. The number of aliphatic hydroxyl groups excluding tert-OH is 1. The van der Waals surface area contributed by atoms with Crippen LogP contribution in [0.2, 0.25) is 5.15 Å². The number of nitrogens with two attached hydrogens (primary N) is 1. The molecule has 1 fully saturated rings. The molecule has 40 heavy (non-hydrogen) atoms. The Morgan fingerprint density at radius 1 is 1.20 bits per heavy atom. The van der Waals surface area contributed by atoms with Crippen molar-refractivity contribution < 1.29 is 19.1 Å². The standard InChI is InChI=1S/C30H27ClN4O5/c1-14-8-21(16(3)39-24-6-7-25(31)33-26(24)30(32)38)29-22(9-14)27(37)15(2)28(40-29)17-4-5-23-18(10-17)13-35(34-23)19-11-20(36)12-19/h4-10,13,16,19-20,36H,11-12H2,1-3H3,(H2,32,38)/t16-,19?,20?/m1/s1. The van der Waals surface area contributed by atoms with Gasteiger partial charge in [0.25, 0.3) is 5.91 Å². The van der Waals surface area contributed by atoms with Crippen LogP contribution < -0.4 is 15.9 Å². The Hall–Kier alpha value is -4.21. The molecule has 0 aliphatic heterocycles. The Labute approximate surface area is 234 Å². The smallest absolute Gasteiger partial charge is 0.271 e. The van der Waals surface area contributed by atoms with Crippen LogP contribution in [0.3, 0.4) is 0 Å². The molecule has 3 aromatic heterocycles. The first-order chi connectivity index (χ1) is 19.1. The number of aryl methyl sites for hydroxylation is 1. The Morgan fingerprint density at radius 2 is 1.98 bits per heavy atom. The normalized spacial score (nSPS) is 17.6. The maximum Gasteiger partial charge on any atom is 0.271 e. The van der Waals surface area contributed by atoms with Gasteiger partial charge in [0.05, 0.1) is 23.0 Å². The van der Waals surface area contributed by atoms with Crippen molar-refractivity contribution >= 4 is 39.4 Å².